The standard InChI is InChI=1S/C18H27N7O9/c19-9(1-2-14(28)29)15(30)23-10(4-13(20)27)16(31)25-12(6-26)17(32)24-11(18(33)34)3-8-5-21-7-22-8/h5,7,9-12,26H,1-4,6,19H2,(H2,20,27)(H,21,22)(H,23,30)(H,24,32)(H,25,31)(H,28,29)(H,33,34). The molecule has 0 radical (unpaired) electrons. The van der Waals surface area contributed by atoms with E-state index in [0.717, 1.165) is 0 Å². The Morgan fingerprint density at radius 2 is 1.56 bits per heavy atom. The fourth-order valence-electron chi connectivity index (χ4n) is 2.65. The average molecular weight is 485 g/mol. The van der Waals surface area contributed by atoms with Gasteiger partial charge < -0.3 is 47.7 Å². The highest BCUT2D eigenvalue weighted by molar-refractivity contribution is 5.96. The number of carboxylic acid groups (broad SMARTS) is 2. The van der Waals surface area contributed by atoms with E-state index in [9.17, 15) is 39.0 Å². The minimum absolute atomic E-state index is 0.165. The van der Waals surface area contributed by atoms with E-state index in [-0.39, 0.29) is 12.8 Å². The topological polar surface area (TPSA) is 280 Å². The molecule has 0 bridgehead atoms. The number of hydrogen-bond acceptors (Lipinski definition) is 9. The summed E-state index contributed by atoms with van der Waals surface area (Å²) < 4.78 is 0. The van der Waals surface area contributed by atoms with Gasteiger partial charge in [0.25, 0.3) is 0 Å². The van der Waals surface area contributed by atoms with Gasteiger partial charge in [0.05, 0.1) is 25.4 Å². The molecule has 0 saturated heterocycles. The lowest BCUT2D eigenvalue weighted by Crippen LogP contribution is -2.58. The summed E-state index contributed by atoms with van der Waals surface area (Å²) in [5, 5.41) is 33.9. The number of nitrogens with one attached hydrogen (secondary N) is 4. The maximum Gasteiger partial charge on any atom is 0.326 e. The Kier molecular flexibility index (Phi) is 11.1. The quantitative estimate of drug-likeness (QED) is 0.114. The molecule has 16 nitrogen and oxygen atoms in total. The predicted molar refractivity (Wildman–Crippen MR) is 111 cm³/mol. The van der Waals surface area contributed by atoms with Crippen molar-refractivity contribution in [2.45, 2.75) is 49.9 Å². The monoisotopic (exact) mass is 485 g/mol. The zero-order chi connectivity index (χ0) is 25.8. The van der Waals surface area contributed by atoms with Gasteiger partial charge in [-0.25, -0.2) is 9.78 Å². The van der Waals surface area contributed by atoms with Crippen LogP contribution in [0.3, 0.4) is 0 Å². The van der Waals surface area contributed by atoms with Gasteiger partial charge in [-0.15, -0.1) is 0 Å². The first-order valence-corrected chi connectivity index (χ1v) is 9.92. The molecule has 0 spiro atoms. The number of rotatable bonds is 15. The van der Waals surface area contributed by atoms with Crippen LogP contribution in [-0.2, 0) is 35.2 Å². The van der Waals surface area contributed by atoms with E-state index in [1.807, 2.05) is 0 Å². The molecule has 1 aromatic heterocycles. The van der Waals surface area contributed by atoms with Crippen LogP contribution in [0.1, 0.15) is 25.0 Å². The Morgan fingerprint density at radius 1 is 0.971 bits per heavy atom. The summed E-state index contributed by atoms with van der Waals surface area (Å²) in [6.07, 6.45) is 1.14. The summed E-state index contributed by atoms with van der Waals surface area (Å²) in [7, 11) is 0. The maximum absolute atomic E-state index is 12.6. The second-order valence-corrected chi connectivity index (χ2v) is 7.19. The Labute approximate surface area is 192 Å². The number of aliphatic hydroxyl groups is 1. The van der Waals surface area contributed by atoms with Crippen LogP contribution in [0.4, 0.5) is 0 Å². The van der Waals surface area contributed by atoms with Crippen molar-refractivity contribution < 1.29 is 44.1 Å². The lowest BCUT2D eigenvalue weighted by molar-refractivity contribution is -0.142. The number of amides is 4. The Hall–Kier alpha value is -4.05. The molecule has 11 N–H and O–H groups in total. The molecule has 188 valence electrons. The number of nitrogens with zero attached hydrogens (tertiary/aromatic N) is 1. The van der Waals surface area contributed by atoms with Crippen LogP contribution in [0.2, 0.25) is 0 Å². The molecule has 4 amide bonds. The molecular weight excluding hydrogens is 458 g/mol. The molecule has 1 rings (SSSR count). The molecule has 16 heteroatoms. The van der Waals surface area contributed by atoms with E-state index >= 15 is 0 Å². The number of carboxylic acids is 2. The van der Waals surface area contributed by atoms with Gasteiger partial charge in [0.2, 0.25) is 23.6 Å². The molecule has 1 aromatic rings. The van der Waals surface area contributed by atoms with Gasteiger partial charge in [0, 0.05) is 24.7 Å². The fourth-order valence-corrected chi connectivity index (χ4v) is 2.65. The third kappa shape index (κ3) is 9.61. The van der Waals surface area contributed by atoms with Crippen LogP contribution >= 0.6 is 0 Å². The number of primary amides is 1. The Morgan fingerprint density at radius 3 is 2.06 bits per heavy atom. The third-order valence-corrected chi connectivity index (χ3v) is 4.45. The molecule has 0 aliphatic carbocycles. The van der Waals surface area contributed by atoms with E-state index < -0.39 is 79.2 Å². The van der Waals surface area contributed by atoms with Crippen LogP contribution < -0.4 is 27.4 Å². The zero-order valence-electron chi connectivity index (χ0n) is 17.9. The molecule has 1 heterocycles. The fraction of sp³-hybridized carbons (Fsp3) is 0.500. The minimum atomic E-state index is -1.64. The second-order valence-electron chi connectivity index (χ2n) is 7.19. The van der Waals surface area contributed by atoms with Gasteiger partial charge in [-0.2, -0.15) is 0 Å². The molecule has 0 aromatic carbocycles. The first kappa shape index (κ1) is 28.0. The van der Waals surface area contributed by atoms with Crippen molar-refractivity contribution in [1.29, 1.82) is 0 Å². The molecule has 4 unspecified atom stereocenters. The number of aliphatic hydroxyl groups excluding tert-OH is 1. The Bertz CT molecular complexity index is 890. The number of carbonyl (C=O) groups excluding carboxylic acids is 4. The molecule has 0 fully saturated rings. The molecule has 0 saturated carbocycles. The predicted octanol–water partition coefficient (Wildman–Crippen LogP) is -4.45. The van der Waals surface area contributed by atoms with Crippen molar-refractivity contribution in [2.24, 2.45) is 11.5 Å². The van der Waals surface area contributed by atoms with Crippen LogP contribution in [0.25, 0.3) is 0 Å². The number of hydrogen-bond donors (Lipinski definition) is 9. The normalized spacial score (nSPS) is 14.2. The van der Waals surface area contributed by atoms with Gasteiger partial charge in [0.1, 0.15) is 18.1 Å². The van der Waals surface area contributed by atoms with Crippen LogP contribution in [0, 0.1) is 0 Å². The second kappa shape index (κ2) is 13.5. The van der Waals surface area contributed by atoms with Gasteiger partial charge >= 0.3 is 11.9 Å². The number of aromatic nitrogens is 2. The summed E-state index contributed by atoms with van der Waals surface area (Å²) >= 11 is 0. The van der Waals surface area contributed by atoms with E-state index in [1.165, 1.54) is 12.5 Å². The van der Waals surface area contributed by atoms with Crippen molar-refractivity contribution in [3.63, 3.8) is 0 Å². The summed E-state index contributed by atoms with van der Waals surface area (Å²) in [6.45, 7) is -0.941. The molecule has 4 atom stereocenters. The first-order valence-electron chi connectivity index (χ1n) is 9.92. The third-order valence-electron chi connectivity index (χ3n) is 4.45. The summed E-state index contributed by atoms with van der Waals surface area (Å²) in [5.41, 5.74) is 11.1. The number of aliphatic carboxylic acids is 2. The molecular formula is C18H27N7O9. The van der Waals surface area contributed by atoms with Crippen LogP contribution in [0.5, 0.6) is 0 Å². The summed E-state index contributed by atoms with van der Waals surface area (Å²) in [5.74, 6) is -6.66. The summed E-state index contributed by atoms with van der Waals surface area (Å²) in [4.78, 5) is 77.0. The van der Waals surface area contributed by atoms with Crippen molar-refractivity contribution >= 4 is 35.6 Å². The van der Waals surface area contributed by atoms with Crippen molar-refractivity contribution in [3.05, 3.63) is 18.2 Å². The van der Waals surface area contributed by atoms with E-state index in [4.69, 9.17) is 16.6 Å². The largest absolute Gasteiger partial charge is 0.481 e. The summed E-state index contributed by atoms with van der Waals surface area (Å²) in [6, 6.07) is -5.96. The highest BCUT2D eigenvalue weighted by Crippen LogP contribution is 2.02. The zero-order valence-corrected chi connectivity index (χ0v) is 17.9. The maximum atomic E-state index is 12.6. The van der Waals surface area contributed by atoms with Crippen LogP contribution in [0.15, 0.2) is 12.5 Å². The number of carbonyl (C=O) groups is 6. The number of imidazole rings is 1. The van der Waals surface area contributed by atoms with E-state index in [0.29, 0.717) is 5.69 Å². The van der Waals surface area contributed by atoms with Gasteiger partial charge in [0.15, 0.2) is 0 Å². The first-order chi connectivity index (χ1) is 15.9. The Balaban J connectivity index is 2.83. The van der Waals surface area contributed by atoms with E-state index in [2.05, 4.69) is 25.9 Å². The number of aromatic amines is 1. The van der Waals surface area contributed by atoms with Gasteiger partial charge in [-0.3, -0.25) is 24.0 Å². The van der Waals surface area contributed by atoms with Crippen molar-refractivity contribution in [2.75, 3.05) is 6.61 Å². The van der Waals surface area contributed by atoms with Crippen molar-refractivity contribution in [3.8, 4) is 0 Å². The lowest BCUT2D eigenvalue weighted by Gasteiger charge is -2.23. The number of nitrogens with two attached hydrogens (primary N) is 2. The lowest BCUT2D eigenvalue weighted by atomic mass is 10.1. The van der Waals surface area contributed by atoms with Gasteiger partial charge in [-0.1, -0.05) is 0 Å². The SMILES string of the molecule is NC(=O)CC(NC(=O)C(N)CCC(=O)O)C(=O)NC(CO)C(=O)NC(Cc1cnc[nH]1)C(=O)O. The van der Waals surface area contributed by atoms with Gasteiger partial charge in [-0.05, 0) is 6.42 Å². The highest BCUT2D eigenvalue weighted by atomic mass is 16.4. The number of H-pyrrole nitrogens is 1. The van der Waals surface area contributed by atoms with Crippen LogP contribution in [-0.4, -0.2) is 91.6 Å². The average Bonchev–Trinajstić information content (AvgIpc) is 3.27. The minimum Gasteiger partial charge on any atom is -0.481 e. The smallest absolute Gasteiger partial charge is 0.326 e. The molecule has 0 aliphatic rings. The highest BCUT2D eigenvalue weighted by Gasteiger charge is 2.31. The van der Waals surface area contributed by atoms with E-state index in [1.54, 1.807) is 0 Å². The van der Waals surface area contributed by atoms with Crippen molar-refractivity contribution in [1.82, 2.24) is 25.9 Å². The molecule has 0 aliphatic heterocycles. The molecule has 34 heavy (non-hydrogen) atoms.